The van der Waals surface area contributed by atoms with Gasteiger partial charge in [0.15, 0.2) is 0 Å². The Morgan fingerprint density at radius 1 is 1.12 bits per heavy atom. The predicted octanol–water partition coefficient (Wildman–Crippen LogP) is 0.717. The van der Waals surface area contributed by atoms with E-state index in [4.69, 9.17) is 16.2 Å². The molecule has 1 aromatic carbocycles. The molecule has 2 rings (SSSR count). The van der Waals surface area contributed by atoms with Gasteiger partial charge >= 0.3 is 11.9 Å². The van der Waals surface area contributed by atoms with Gasteiger partial charge in [-0.05, 0) is 25.0 Å². The topological polar surface area (TPSA) is 125 Å². The first-order chi connectivity index (χ1) is 11.5. The Morgan fingerprint density at radius 2 is 1.75 bits per heavy atom. The standard InChI is InChI=1S/C17H23N3O4/c18-14(15(19)20-13-4-2-1-3-5-13)17(23)24-16(22)12-8-6-11(10-21)7-9-12/h6-10,13-15,20H,1-5,18-19H2. The fourth-order valence-electron chi connectivity index (χ4n) is 2.71. The SMILES string of the molecule is NC(NC1CCCCC1)C(N)C(=O)OC(=O)c1ccc(C=O)cc1. The van der Waals surface area contributed by atoms with Crippen molar-refractivity contribution in [2.24, 2.45) is 11.5 Å². The number of rotatable bonds is 6. The molecule has 2 unspecified atom stereocenters. The molecule has 0 saturated heterocycles. The van der Waals surface area contributed by atoms with Gasteiger partial charge in [-0.15, -0.1) is 0 Å². The maximum Gasteiger partial charge on any atom is 0.345 e. The van der Waals surface area contributed by atoms with Crippen LogP contribution < -0.4 is 16.8 Å². The quantitative estimate of drug-likeness (QED) is 0.303. The Kier molecular flexibility index (Phi) is 6.60. The molecule has 0 aliphatic heterocycles. The average Bonchev–Trinajstić information content (AvgIpc) is 2.61. The van der Waals surface area contributed by atoms with Crippen molar-refractivity contribution in [1.82, 2.24) is 5.32 Å². The van der Waals surface area contributed by atoms with Crippen LogP contribution in [0.3, 0.4) is 0 Å². The van der Waals surface area contributed by atoms with Gasteiger partial charge in [0.1, 0.15) is 12.3 Å². The molecule has 7 heteroatoms. The van der Waals surface area contributed by atoms with Crippen LogP contribution >= 0.6 is 0 Å². The van der Waals surface area contributed by atoms with E-state index in [0.717, 1.165) is 25.7 Å². The van der Waals surface area contributed by atoms with E-state index < -0.39 is 24.1 Å². The minimum atomic E-state index is -1.13. The zero-order valence-corrected chi connectivity index (χ0v) is 13.4. The number of benzene rings is 1. The van der Waals surface area contributed by atoms with Crippen LogP contribution in [0.4, 0.5) is 0 Å². The van der Waals surface area contributed by atoms with Crippen molar-refractivity contribution in [2.75, 3.05) is 0 Å². The second kappa shape index (κ2) is 8.68. The minimum absolute atomic E-state index is 0.162. The van der Waals surface area contributed by atoms with Gasteiger partial charge in [-0.1, -0.05) is 31.4 Å². The highest BCUT2D eigenvalue weighted by molar-refractivity contribution is 5.98. The van der Waals surface area contributed by atoms with Crippen LogP contribution in [0, 0.1) is 0 Å². The molecule has 7 nitrogen and oxygen atoms in total. The average molecular weight is 333 g/mol. The molecule has 5 N–H and O–H groups in total. The number of esters is 2. The zero-order chi connectivity index (χ0) is 17.5. The smallest absolute Gasteiger partial charge is 0.345 e. The van der Waals surface area contributed by atoms with Crippen LogP contribution in [0.2, 0.25) is 0 Å². The van der Waals surface area contributed by atoms with Crippen molar-refractivity contribution in [3.8, 4) is 0 Å². The summed E-state index contributed by atoms with van der Waals surface area (Å²) >= 11 is 0. The highest BCUT2D eigenvalue weighted by atomic mass is 16.6. The van der Waals surface area contributed by atoms with Gasteiger partial charge in [-0.3, -0.25) is 10.1 Å². The van der Waals surface area contributed by atoms with E-state index in [1.807, 2.05) is 0 Å². The van der Waals surface area contributed by atoms with Crippen LogP contribution in [-0.4, -0.2) is 36.5 Å². The van der Waals surface area contributed by atoms with Crippen molar-refractivity contribution in [1.29, 1.82) is 0 Å². The third-order valence-corrected chi connectivity index (χ3v) is 4.17. The summed E-state index contributed by atoms with van der Waals surface area (Å²) in [6, 6.07) is 4.84. The molecular weight excluding hydrogens is 310 g/mol. The molecule has 24 heavy (non-hydrogen) atoms. The Morgan fingerprint density at radius 3 is 2.33 bits per heavy atom. The molecule has 1 aromatic rings. The summed E-state index contributed by atoms with van der Waals surface area (Å²) in [6.45, 7) is 0. The van der Waals surface area contributed by atoms with E-state index in [9.17, 15) is 14.4 Å². The number of hydrogen-bond donors (Lipinski definition) is 3. The van der Waals surface area contributed by atoms with Gasteiger partial charge in [-0.25, -0.2) is 9.59 Å². The lowest BCUT2D eigenvalue weighted by Gasteiger charge is -2.28. The van der Waals surface area contributed by atoms with Gasteiger partial charge in [0.2, 0.25) is 0 Å². The summed E-state index contributed by atoms with van der Waals surface area (Å²) in [7, 11) is 0. The first-order valence-electron chi connectivity index (χ1n) is 8.09. The highest BCUT2D eigenvalue weighted by Gasteiger charge is 2.27. The maximum atomic E-state index is 12.0. The maximum absolute atomic E-state index is 12.0. The molecule has 0 bridgehead atoms. The Hall–Kier alpha value is -2.09. The molecule has 1 saturated carbocycles. The van der Waals surface area contributed by atoms with E-state index in [1.165, 1.54) is 30.7 Å². The number of nitrogens with one attached hydrogen (secondary N) is 1. The van der Waals surface area contributed by atoms with Crippen molar-refractivity contribution in [2.45, 2.75) is 50.4 Å². The summed E-state index contributed by atoms with van der Waals surface area (Å²) in [5, 5.41) is 3.13. The minimum Gasteiger partial charge on any atom is -0.388 e. The van der Waals surface area contributed by atoms with Crippen molar-refractivity contribution in [3.63, 3.8) is 0 Å². The molecule has 1 aliphatic carbocycles. The zero-order valence-electron chi connectivity index (χ0n) is 13.4. The van der Waals surface area contributed by atoms with Crippen LogP contribution in [-0.2, 0) is 9.53 Å². The highest BCUT2D eigenvalue weighted by Crippen LogP contribution is 2.17. The lowest BCUT2D eigenvalue weighted by atomic mass is 9.95. The van der Waals surface area contributed by atoms with Gasteiger partial charge in [-0.2, -0.15) is 0 Å². The molecule has 0 aromatic heterocycles. The summed E-state index contributed by atoms with van der Waals surface area (Å²) in [4.78, 5) is 34.5. The van der Waals surface area contributed by atoms with E-state index in [2.05, 4.69) is 5.32 Å². The van der Waals surface area contributed by atoms with E-state index >= 15 is 0 Å². The van der Waals surface area contributed by atoms with Crippen LogP contribution in [0.5, 0.6) is 0 Å². The second-order valence-corrected chi connectivity index (χ2v) is 6.00. The molecular formula is C17H23N3O4. The summed E-state index contributed by atoms with van der Waals surface area (Å²) in [5.74, 6) is -1.70. The molecule has 1 fully saturated rings. The largest absolute Gasteiger partial charge is 0.388 e. The van der Waals surface area contributed by atoms with Crippen molar-refractivity contribution in [3.05, 3.63) is 35.4 Å². The van der Waals surface area contributed by atoms with Crippen molar-refractivity contribution >= 4 is 18.2 Å². The lowest BCUT2D eigenvalue weighted by Crippen LogP contribution is -2.58. The summed E-state index contributed by atoms with van der Waals surface area (Å²) < 4.78 is 4.77. The number of carbonyl (C=O) groups is 3. The van der Waals surface area contributed by atoms with Crippen LogP contribution in [0.15, 0.2) is 24.3 Å². The van der Waals surface area contributed by atoms with Gasteiger partial charge in [0, 0.05) is 11.6 Å². The molecule has 0 spiro atoms. The molecule has 130 valence electrons. The first kappa shape index (κ1) is 18.3. The Labute approximate surface area is 140 Å². The lowest BCUT2D eigenvalue weighted by molar-refractivity contribution is -0.140. The van der Waals surface area contributed by atoms with Crippen LogP contribution in [0.1, 0.15) is 52.8 Å². The molecule has 2 atom stereocenters. The second-order valence-electron chi connectivity index (χ2n) is 6.00. The Bertz CT molecular complexity index is 582. The van der Waals surface area contributed by atoms with E-state index in [-0.39, 0.29) is 11.6 Å². The first-order valence-corrected chi connectivity index (χ1v) is 8.09. The fourth-order valence-corrected chi connectivity index (χ4v) is 2.71. The number of hydrogen-bond acceptors (Lipinski definition) is 7. The fraction of sp³-hybridized carbons (Fsp3) is 0.471. The number of aldehydes is 1. The number of carbonyl (C=O) groups excluding carboxylic acids is 3. The van der Waals surface area contributed by atoms with Crippen molar-refractivity contribution < 1.29 is 19.1 Å². The van der Waals surface area contributed by atoms with Gasteiger partial charge < -0.3 is 16.2 Å². The Balaban J connectivity index is 1.87. The van der Waals surface area contributed by atoms with Gasteiger partial charge in [0.25, 0.3) is 0 Å². The summed E-state index contributed by atoms with van der Waals surface area (Å²) in [6.07, 6.45) is 5.34. The molecule has 0 radical (unpaired) electrons. The molecule has 0 amide bonds. The molecule has 1 aliphatic rings. The number of ether oxygens (including phenoxy) is 1. The number of nitrogens with two attached hydrogens (primary N) is 2. The van der Waals surface area contributed by atoms with Gasteiger partial charge in [0.05, 0.1) is 11.7 Å². The normalized spacial score (nSPS) is 17.8. The third-order valence-electron chi connectivity index (χ3n) is 4.17. The van der Waals surface area contributed by atoms with E-state index in [0.29, 0.717) is 11.8 Å². The monoisotopic (exact) mass is 333 g/mol. The van der Waals surface area contributed by atoms with E-state index in [1.54, 1.807) is 0 Å². The summed E-state index contributed by atoms with van der Waals surface area (Å²) in [5.41, 5.74) is 12.3. The molecule has 0 heterocycles. The van der Waals surface area contributed by atoms with Crippen LogP contribution in [0.25, 0.3) is 0 Å². The third kappa shape index (κ3) is 4.95. The predicted molar refractivity (Wildman–Crippen MR) is 88.2 cm³/mol.